The molecule has 0 saturated heterocycles. The average Bonchev–Trinajstić information content (AvgIpc) is 3.63. The lowest BCUT2D eigenvalue weighted by atomic mass is 10.0. The first kappa shape index (κ1) is 28.7. The number of aromatic nitrogens is 4. The third kappa shape index (κ3) is 7.39. The first-order valence-electron chi connectivity index (χ1n) is 13.5. The predicted molar refractivity (Wildman–Crippen MR) is 148 cm³/mol. The average molecular weight is 552 g/mol. The van der Waals surface area contributed by atoms with Gasteiger partial charge in [0, 0.05) is 56.4 Å². The van der Waals surface area contributed by atoms with Crippen LogP contribution in [0, 0.1) is 5.92 Å². The van der Waals surface area contributed by atoms with Gasteiger partial charge in [-0.15, -0.1) is 0 Å². The van der Waals surface area contributed by atoms with Crippen molar-refractivity contribution in [3.8, 4) is 22.9 Å². The summed E-state index contributed by atoms with van der Waals surface area (Å²) in [5, 5.41) is 9.91. The molecule has 0 saturated carbocycles. The molecule has 12 heteroatoms. The van der Waals surface area contributed by atoms with E-state index in [1.807, 2.05) is 49.0 Å². The Morgan fingerprint density at radius 3 is 2.80 bits per heavy atom. The van der Waals surface area contributed by atoms with Crippen LogP contribution in [0.5, 0.6) is 11.5 Å². The van der Waals surface area contributed by atoms with Crippen molar-refractivity contribution in [1.29, 1.82) is 0 Å². The van der Waals surface area contributed by atoms with Crippen molar-refractivity contribution >= 4 is 17.7 Å². The van der Waals surface area contributed by atoms with Crippen LogP contribution in [-0.4, -0.2) is 81.3 Å². The number of fused-ring (bicyclic) bond motifs is 4. The Hall–Kier alpha value is -4.35. The van der Waals surface area contributed by atoms with Crippen molar-refractivity contribution in [3.63, 3.8) is 0 Å². The molecular weight excluding hydrogens is 514 g/mol. The van der Waals surface area contributed by atoms with Crippen LogP contribution in [0.1, 0.15) is 26.7 Å². The van der Waals surface area contributed by atoms with E-state index in [4.69, 9.17) is 9.47 Å². The van der Waals surface area contributed by atoms with Gasteiger partial charge in [-0.25, -0.2) is 4.98 Å². The quantitative estimate of drug-likeness (QED) is 0.477. The zero-order valence-electron chi connectivity index (χ0n) is 23.2. The zero-order chi connectivity index (χ0) is 28.5. The van der Waals surface area contributed by atoms with E-state index in [1.165, 1.54) is 4.90 Å². The molecule has 2 bridgehead atoms. The van der Waals surface area contributed by atoms with Gasteiger partial charge in [0.15, 0.2) is 11.5 Å². The molecule has 0 fully saturated rings. The lowest BCUT2D eigenvalue weighted by molar-refractivity contribution is -0.137. The van der Waals surface area contributed by atoms with Gasteiger partial charge in [0.1, 0.15) is 18.5 Å². The summed E-state index contributed by atoms with van der Waals surface area (Å²) < 4.78 is 15.3. The smallest absolute Gasteiger partial charge is 0.242 e. The molecule has 1 atom stereocenters. The highest BCUT2D eigenvalue weighted by atomic mass is 16.5. The van der Waals surface area contributed by atoms with Crippen molar-refractivity contribution in [1.82, 2.24) is 34.9 Å². The van der Waals surface area contributed by atoms with Gasteiger partial charge in [0.2, 0.25) is 17.7 Å². The predicted octanol–water partition coefficient (Wildman–Crippen LogP) is 1.71. The largest absolute Gasteiger partial charge is 0.493 e. The molecule has 1 aliphatic rings. The van der Waals surface area contributed by atoms with Crippen molar-refractivity contribution in [2.45, 2.75) is 45.8 Å². The third-order valence-electron chi connectivity index (χ3n) is 6.70. The number of imidazole rings is 1. The molecule has 1 aromatic carbocycles. The highest BCUT2D eigenvalue weighted by molar-refractivity contribution is 5.90. The lowest BCUT2D eigenvalue weighted by Gasteiger charge is -2.26. The number of carbonyl (C=O) groups excluding carboxylic acids is 3. The Labute approximate surface area is 233 Å². The Balaban J connectivity index is 1.56. The van der Waals surface area contributed by atoms with Gasteiger partial charge in [-0.3, -0.25) is 19.1 Å². The summed E-state index contributed by atoms with van der Waals surface area (Å²) in [6.07, 6.45) is 7.88. The molecule has 4 rings (SSSR count). The van der Waals surface area contributed by atoms with Crippen LogP contribution in [0.3, 0.4) is 0 Å². The molecule has 3 aromatic rings. The van der Waals surface area contributed by atoms with Crippen LogP contribution < -0.4 is 20.1 Å². The van der Waals surface area contributed by atoms with Crippen LogP contribution in [0.25, 0.3) is 11.4 Å². The molecule has 0 aliphatic carbocycles. The van der Waals surface area contributed by atoms with Crippen LogP contribution >= 0.6 is 0 Å². The van der Waals surface area contributed by atoms with Crippen LogP contribution in [0.2, 0.25) is 0 Å². The van der Waals surface area contributed by atoms with Crippen molar-refractivity contribution in [3.05, 3.63) is 49.1 Å². The van der Waals surface area contributed by atoms with E-state index in [0.717, 1.165) is 5.56 Å². The van der Waals surface area contributed by atoms with Crippen LogP contribution in [0.4, 0.5) is 0 Å². The van der Waals surface area contributed by atoms with Gasteiger partial charge in [-0.1, -0.05) is 13.8 Å². The lowest BCUT2D eigenvalue weighted by Crippen LogP contribution is -2.53. The van der Waals surface area contributed by atoms with Crippen molar-refractivity contribution < 1.29 is 23.9 Å². The SMILES string of the molecule is COc1ccc2cc1OCCN(C(=O)CCCn1cccn1)CC(=O)N[C@H](C(C)C)C(=O)NCCn1ccnc1-2. The van der Waals surface area contributed by atoms with Crippen molar-refractivity contribution in [2.75, 3.05) is 33.4 Å². The van der Waals surface area contributed by atoms with E-state index in [9.17, 15) is 14.4 Å². The van der Waals surface area contributed by atoms with E-state index in [2.05, 4.69) is 20.7 Å². The molecule has 0 radical (unpaired) electrons. The molecule has 214 valence electrons. The second-order valence-electron chi connectivity index (χ2n) is 9.93. The fraction of sp³-hybridized carbons (Fsp3) is 0.464. The number of carbonyl (C=O) groups is 3. The monoisotopic (exact) mass is 551 g/mol. The summed E-state index contributed by atoms with van der Waals surface area (Å²) in [6.45, 7) is 5.29. The Morgan fingerprint density at radius 1 is 1.20 bits per heavy atom. The Morgan fingerprint density at radius 2 is 2.05 bits per heavy atom. The summed E-state index contributed by atoms with van der Waals surface area (Å²) in [4.78, 5) is 45.2. The molecule has 2 aromatic heterocycles. The number of nitrogens with one attached hydrogen (secondary N) is 2. The van der Waals surface area contributed by atoms with Crippen LogP contribution in [-0.2, 0) is 27.5 Å². The molecule has 40 heavy (non-hydrogen) atoms. The molecule has 0 spiro atoms. The van der Waals surface area contributed by atoms with E-state index in [0.29, 0.717) is 43.4 Å². The molecule has 12 nitrogen and oxygen atoms in total. The number of hydrogen-bond acceptors (Lipinski definition) is 7. The summed E-state index contributed by atoms with van der Waals surface area (Å²) in [7, 11) is 1.56. The van der Waals surface area contributed by atoms with Crippen molar-refractivity contribution in [2.24, 2.45) is 5.92 Å². The van der Waals surface area contributed by atoms with Gasteiger partial charge in [-0.2, -0.15) is 5.10 Å². The number of hydrogen-bond donors (Lipinski definition) is 2. The highest BCUT2D eigenvalue weighted by Crippen LogP contribution is 2.32. The maximum atomic E-state index is 13.2. The van der Waals surface area contributed by atoms with Crippen LogP contribution in [0.15, 0.2) is 49.1 Å². The number of amides is 3. The Kier molecular flexibility index (Phi) is 9.76. The molecule has 1 aliphatic heterocycles. The summed E-state index contributed by atoms with van der Waals surface area (Å²) in [5.41, 5.74) is 0.819. The van der Waals surface area contributed by atoms with Gasteiger partial charge < -0.3 is 29.6 Å². The van der Waals surface area contributed by atoms with Gasteiger partial charge in [0.25, 0.3) is 0 Å². The minimum Gasteiger partial charge on any atom is -0.493 e. The summed E-state index contributed by atoms with van der Waals surface area (Å²) in [6, 6.07) is 6.63. The number of aryl methyl sites for hydroxylation is 1. The fourth-order valence-electron chi connectivity index (χ4n) is 4.56. The number of nitrogens with zero attached hydrogens (tertiary/aromatic N) is 5. The van der Waals surface area contributed by atoms with E-state index >= 15 is 0 Å². The summed E-state index contributed by atoms with van der Waals surface area (Å²) >= 11 is 0. The van der Waals surface area contributed by atoms with Gasteiger partial charge >= 0.3 is 0 Å². The number of ether oxygens (including phenoxy) is 2. The fourth-order valence-corrected chi connectivity index (χ4v) is 4.56. The normalized spacial score (nSPS) is 16.9. The molecular formula is C28H37N7O5. The number of methoxy groups -OCH3 is 1. The Bertz CT molecular complexity index is 1290. The first-order chi connectivity index (χ1) is 19.4. The van der Waals surface area contributed by atoms with E-state index < -0.39 is 11.9 Å². The second-order valence-corrected chi connectivity index (χ2v) is 9.93. The van der Waals surface area contributed by atoms with Gasteiger partial charge in [-0.05, 0) is 36.6 Å². The maximum absolute atomic E-state index is 13.2. The van der Waals surface area contributed by atoms with E-state index in [-0.39, 0.29) is 43.8 Å². The number of rotatable bonds is 6. The molecule has 0 unspecified atom stereocenters. The number of benzene rings is 1. The second kappa shape index (κ2) is 13.6. The zero-order valence-corrected chi connectivity index (χ0v) is 23.2. The van der Waals surface area contributed by atoms with E-state index in [1.54, 1.807) is 30.3 Å². The minimum atomic E-state index is -0.738. The first-order valence-corrected chi connectivity index (χ1v) is 13.5. The highest BCUT2D eigenvalue weighted by Gasteiger charge is 2.26. The third-order valence-corrected chi connectivity index (χ3v) is 6.70. The summed E-state index contributed by atoms with van der Waals surface area (Å²) in [5.74, 6) is 0.747. The minimum absolute atomic E-state index is 0.139. The maximum Gasteiger partial charge on any atom is 0.242 e. The molecule has 3 amide bonds. The topological polar surface area (TPSA) is 133 Å². The van der Waals surface area contributed by atoms with Gasteiger partial charge in [0.05, 0.1) is 20.2 Å². The molecule has 3 heterocycles. The molecule has 2 N–H and O–H groups in total. The standard InChI is InChI=1S/C28H37N7O5/c1-20(2)26-28(38)30-11-15-33-14-10-29-27(33)21-7-8-22(39-3)23(18-21)40-17-16-34(19-24(36)32-26)25(37)6-4-12-35-13-5-9-31-35/h5,7-10,13-14,18,20,26H,4,6,11-12,15-17,19H2,1-3H3,(H,30,38)(H,32,36)/t26-/m1/s1.